The Balaban J connectivity index is 0.00000341. The summed E-state index contributed by atoms with van der Waals surface area (Å²) in [6, 6.07) is 0. The molecule has 10 heteroatoms. The molecule has 2 fully saturated rings. The highest BCUT2D eigenvalue weighted by molar-refractivity contribution is 14.0. The van der Waals surface area contributed by atoms with Crippen molar-refractivity contribution in [2.45, 2.75) is 32.8 Å². The fraction of sp³-hybridized carbons (Fsp3) is 0.714. The van der Waals surface area contributed by atoms with Crippen molar-refractivity contribution in [2.24, 2.45) is 28.7 Å². The van der Waals surface area contributed by atoms with E-state index in [1.54, 1.807) is 14.1 Å². The fourth-order valence-electron chi connectivity index (χ4n) is 4.46. The third-order valence-electron chi connectivity index (χ3n) is 5.86. The van der Waals surface area contributed by atoms with Crippen molar-refractivity contribution in [2.75, 3.05) is 40.3 Å². The van der Waals surface area contributed by atoms with Crippen molar-refractivity contribution in [3.8, 4) is 0 Å². The molecule has 1 saturated heterocycles. The van der Waals surface area contributed by atoms with Crippen molar-refractivity contribution in [1.82, 2.24) is 20.4 Å². The maximum atomic E-state index is 12.7. The Morgan fingerprint density at radius 2 is 1.71 bits per heavy atom. The molecule has 2 bridgehead atoms. The summed E-state index contributed by atoms with van der Waals surface area (Å²) in [6.45, 7) is 7.14. The van der Waals surface area contributed by atoms with Crippen LogP contribution in [0.4, 0.5) is 4.79 Å². The summed E-state index contributed by atoms with van der Waals surface area (Å²) in [6.07, 6.45) is 4.75. The Kier molecular flexibility index (Phi) is 8.34. The van der Waals surface area contributed by atoms with Gasteiger partial charge in [0.05, 0.1) is 11.8 Å². The van der Waals surface area contributed by atoms with Gasteiger partial charge in [-0.3, -0.25) is 19.5 Å². The van der Waals surface area contributed by atoms with Gasteiger partial charge >= 0.3 is 6.09 Å². The molecule has 0 aromatic heterocycles. The van der Waals surface area contributed by atoms with Crippen LogP contribution in [-0.2, 0) is 14.3 Å². The van der Waals surface area contributed by atoms with Gasteiger partial charge in [0.2, 0.25) is 11.8 Å². The monoisotopic (exact) mass is 547 g/mol. The molecule has 0 radical (unpaired) electrons. The summed E-state index contributed by atoms with van der Waals surface area (Å²) in [4.78, 5) is 44.4. The number of hydrogen-bond acceptors (Lipinski definition) is 5. The standard InChI is InChI=1S/C21H33N5O4.HI/c1-21(2,3)30-20(29)25(5)10-8-23-19(22-4)24-9-11-26-17(27)15-13-6-7-14(12-13)16(15)18(26)28;/h6-7,13-16H,8-12H2,1-5H3,(H2,22,23,24);1H. The number of hydrogen-bond donors (Lipinski definition) is 2. The van der Waals surface area contributed by atoms with Gasteiger partial charge in [0.1, 0.15) is 5.60 Å². The van der Waals surface area contributed by atoms with E-state index in [2.05, 4.69) is 27.8 Å². The van der Waals surface area contributed by atoms with Crippen LogP contribution in [0.1, 0.15) is 27.2 Å². The highest BCUT2D eigenvalue weighted by atomic mass is 127. The number of allylic oxidation sites excluding steroid dienone is 2. The molecule has 4 unspecified atom stereocenters. The molecule has 9 nitrogen and oxygen atoms in total. The molecule has 3 aliphatic rings. The van der Waals surface area contributed by atoms with E-state index < -0.39 is 5.60 Å². The number of fused-ring (bicyclic) bond motifs is 5. The lowest BCUT2D eigenvalue weighted by atomic mass is 9.85. The molecule has 0 spiro atoms. The van der Waals surface area contributed by atoms with Gasteiger partial charge in [-0.05, 0) is 39.0 Å². The van der Waals surface area contributed by atoms with Gasteiger partial charge in [0.25, 0.3) is 0 Å². The number of halogens is 1. The van der Waals surface area contributed by atoms with Crippen molar-refractivity contribution in [1.29, 1.82) is 0 Å². The minimum absolute atomic E-state index is 0. The molecule has 2 aliphatic carbocycles. The third kappa shape index (κ3) is 5.69. The van der Waals surface area contributed by atoms with Gasteiger partial charge in [0, 0.05) is 40.3 Å². The first-order valence-electron chi connectivity index (χ1n) is 10.5. The second-order valence-corrected chi connectivity index (χ2v) is 9.16. The van der Waals surface area contributed by atoms with E-state index in [0.717, 1.165) is 6.42 Å². The maximum Gasteiger partial charge on any atom is 0.410 e. The second-order valence-electron chi connectivity index (χ2n) is 9.16. The number of aliphatic imine (C=N–C) groups is 1. The van der Waals surface area contributed by atoms with Crippen molar-refractivity contribution < 1.29 is 19.1 Å². The van der Waals surface area contributed by atoms with Gasteiger partial charge in [-0.15, -0.1) is 24.0 Å². The Labute approximate surface area is 201 Å². The second kappa shape index (κ2) is 10.2. The molecule has 0 aromatic rings. The topological polar surface area (TPSA) is 103 Å². The number of rotatable bonds is 6. The smallest absolute Gasteiger partial charge is 0.410 e. The molecule has 1 aliphatic heterocycles. The molecule has 174 valence electrons. The normalized spacial score (nSPS) is 26.6. The number of carbonyl (C=O) groups excluding carboxylic acids is 3. The molecule has 3 amide bonds. The van der Waals surface area contributed by atoms with E-state index >= 15 is 0 Å². The Hall–Kier alpha value is -1.85. The summed E-state index contributed by atoms with van der Waals surface area (Å²) in [5.41, 5.74) is -0.533. The van der Waals surface area contributed by atoms with Crippen LogP contribution in [0.5, 0.6) is 0 Å². The Morgan fingerprint density at radius 1 is 1.16 bits per heavy atom. The third-order valence-corrected chi connectivity index (χ3v) is 5.86. The summed E-state index contributed by atoms with van der Waals surface area (Å²) < 4.78 is 5.32. The molecule has 4 atom stereocenters. The Bertz CT molecular complexity index is 733. The van der Waals surface area contributed by atoms with E-state index in [4.69, 9.17) is 4.74 Å². The van der Waals surface area contributed by atoms with Crippen LogP contribution < -0.4 is 10.6 Å². The molecular formula is C21H34IN5O4. The maximum absolute atomic E-state index is 12.7. The first-order valence-corrected chi connectivity index (χ1v) is 10.5. The number of carbonyl (C=O) groups is 3. The van der Waals surface area contributed by atoms with E-state index in [-0.39, 0.29) is 65.6 Å². The first-order chi connectivity index (χ1) is 14.1. The van der Waals surface area contributed by atoms with Crippen LogP contribution >= 0.6 is 24.0 Å². The van der Waals surface area contributed by atoms with E-state index in [1.165, 1.54) is 9.80 Å². The van der Waals surface area contributed by atoms with Gasteiger partial charge < -0.3 is 20.3 Å². The first kappa shape index (κ1) is 25.4. The molecule has 1 heterocycles. The van der Waals surface area contributed by atoms with Crippen molar-refractivity contribution in [3.63, 3.8) is 0 Å². The molecule has 2 N–H and O–H groups in total. The van der Waals surface area contributed by atoms with E-state index in [9.17, 15) is 14.4 Å². The summed E-state index contributed by atoms with van der Waals surface area (Å²) in [7, 11) is 3.32. The van der Waals surface area contributed by atoms with Crippen LogP contribution in [0.2, 0.25) is 0 Å². The highest BCUT2D eigenvalue weighted by Gasteiger charge is 2.58. The van der Waals surface area contributed by atoms with Crippen LogP contribution in [0, 0.1) is 23.7 Å². The summed E-state index contributed by atoms with van der Waals surface area (Å²) in [5, 5.41) is 6.25. The molecular weight excluding hydrogens is 513 g/mol. The van der Waals surface area contributed by atoms with Gasteiger partial charge in [-0.1, -0.05) is 12.2 Å². The zero-order valence-electron chi connectivity index (χ0n) is 18.9. The quantitative estimate of drug-likeness (QED) is 0.172. The zero-order valence-corrected chi connectivity index (χ0v) is 21.2. The number of likely N-dealkylation sites (N-methyl/N-ethyl adjacent to an activating group) is 1. The molecule has 1 saturated carbocycles. The van der Waals surface area contributed by atoms with Gasteiger partial charge in [0.15, 0.2) is 5.96 Å². The lowest BCUT2D eigenvalue weighted by Crippen LogP contribution is -2.46. The minimum Gasteiger partial charge on any atom is -0.444 e. The van der Waals surface area contributed by atoms with Crippen LogP contribution in [0.3, 0.4) is 0 Å². The number of guanidine groups is 1. The summed E-state index contributed by atoms with van der Waals surface area (Å²) >= 11 is 0. The van der Waals surface area contributed by atoms with Crippen LogP contribution in [0.15, 0.2) is 17.1 Å². The number of nitrogens with one attached hydrogen (secondary N) is 2. The zero-order chi connectivity index (χ0) is 22.1. The molecule has 3 rings (SSSR count). The molecule has 31 heavy (non-hydrogen) atoms. The lowest BCUT2D eigenvalue weighted by Gasteiger charge is -2.25. The number of imide groups is 1. The van der Waals surface area contributed by atoms with E-state index in [0.29, 0.717) is 32.1 Å². The van der Waals surface area contributed by atoms with E-state index in [1.807, 2.05) is 20.8 Å². The molecule has 0 aromatic carbocycles. The lowest BCUT2D eigenvalue weighted by molar-refractivity contribution is -0.140. The number of nitrogens with zero attached hydrogens (tertiary/aromatic N) is 3. The van der Waals surface area contributed by atoms with Crippen LogP contribution in [-0.4, -0.2) is 79.5 Å². The van der Waals surface area contributed by atoms with Crippen LogP contribution in [0.25, 0.3) is 0 Å². The SMILES string of the molecule is CN=C(NCCN(C)C(=O)OC(C)(C)C)NCCN1C(=O)C2C3C=CC(C3)C2C1=O.I. The average molecular weight is 547 g/mol. The van der Waals surface area contributed by atoms with Gasteiger partial charge in [-0.2, -0.15) is 0 Å². The number of amides is 3. The predicted octanol–water partition coefficient (Wildman–Crippen LogP) is 1.44. The average Bonchev–Trinajstić information content (AvgIpc) is 3.34. The number of ether oxygens (including phenoxy) is 1. The number of likely N-dealkylation sites (tertiary alicyclic amines) is 1. The fourth-order valence-corrected chi connectivity index (χ4v) is 4.46. The summed E-state index contributed by atoms with van der Waals surface area (Å²) in [5.74, 6) is 0.614. The largest absolute Gasteiger partial charge is 0.444 e. The predicted molar refractivity (Wildman–Crippen MR) is 128 cm³/mol. The minimum atomic E-state index is -0.533. The van der Waals surface area contributed by atoms with Crippen molar-refractivity contribution >= 4 is 47.8 Å². The van der Waals surface area contributed by atoms with Gasteiger partial charge in [-0.25, -0.2) is 4.79 Å². The Morgan fingerprint density at radius 3 is 2.23 bits per heavy atom. The highest BCUT2D eigenvalue weighted by Crippen LogP contribution is 2.52. The van der Waals surface area contributed by atoms with Crippen molar-refractivity contribution in [3.05, 3.63) is 12.2 Å².